The molecule has 1 atom stereocenters. The molecule has 140 valence electrons. The molecule has 10 heteroatoms. The monoisotopic (exact) mass is 378 g/mol. The Morgan fingerprint density at radius 1 is 1.08 bits per heavy atom. The molecule has 0 aromatic heterocycles. The fourth-order valence-corrected chi connectivity index (χ4v) is 2.24. The van der Waals surface area contributed by atoms with Gasteiger partial charge in [0.05, 0.1) is 11.4 Å². The van der Waals surface area contributed by atoms with E-state index in [0.29, 0.717) is 6.07 Å². The first-order chi connectivity index (χ1) is 12.0. The number of aromatic hydroxyl groups is 1. The largest absolute Gasteiger partial charge is 0.508 e. The van der Waals surface area contributed by atoms with Crippen LogP contribution in [0.15, 0.2) is 42.5 Å². The molecule has 0 fully saturated rings. The van der Waals surface area contributed by atoms with Crippen molar-refractivity contribution in [3.63, 3.8) is 0 Å². The number of amides is 1. The van der Waals surface area contributed by atoms with E-state index in [0.717, 1.165) is 0 Å². The first kappa shape index (κ1) is 19.4. The van der Waals surface area contributed by atoms with Crippen LogP contribution in [-0.4, -0.2) is 23.6 Å². The fraction of sp³-hybridized carbons (Fsp3) is 0.188. The third-order valence-corrected chi connectivity index (χ3v) is 3.53. The van der Waals surface area contributed by atoms with Crippen molar-refractivity contribution in [3.8, 4) is 5.75 Å². The van der Waals surface area contributed by atoms with Gasteiger partial charge in [-0.25, -0.2) is 13.2 Å². The maximum atomic E-state index is 14.4. The summed E-state index contributed by atoms with van der Waals surface area (Å²) >= 11 is 0. The minimum atomic E-state index is -6.03. The first-order valence-corrected chi connectivity index (χ1v) is 7.01. The van der Waals surface area contributed by atoms with E-state index < -0.39 is 46.9 Å². The minimum absolute atomic E-state index is 0.0283. The van der Waals surface area contributed by atoms with Crippen molar-refractivity contribution in [2.75, 3.05) is 11.1 Å². The normalized spacial score (nSPS) is 14.1. The van der Waals surface area contributed by atoms with Crippen molar-refractivity contribution in [3.05, 3.63) is 53.6 Å². The predicted molar refractivity (Wildman–Crippen MR) is 81.8 cm³/mol. The molecule has 0 radical (unpaired) electrons. The molecule has 0 aliphatic rings. The van der Waals surface area contributed by atoms with Gasteiger partial charge in [-0.1, -0.05) is 18.2 Å². The molecular weight excluding hydrogens is 366 g/mol. The lowest BCUT2D eigenvalue weighted by atomic mass is 9.92. The van der Waals surface area contributed by atoms with Crippen molar-refractivity contribution < 1.29 is 36.2 Å². The average molecular weight is 378 g/mol. The van der Waals surface area contributed by atoms with E-state index >= 15 is 0 Å². The summed E-state index contributed by atoms with van der Waals surface area (Å²) in [6.45, 7) is 0. The lowest BCUT2D eigenvalue weighted by Gasteiger charge is -2.30. The number of hydrogen-bond donors (Lipinski definition) is 3. The molecule has 0 aliphatic carbocycles. The lowest BCUT2D eigenvalue weighted by Crippen LogP contribution is -2.45. The molecule has 4 N–H and O–H groups in total. The van der Waals surface area contributed by atoms with E-state index in [1.54, 1.807) is 6.07 Å². The number of halogens is 6. The van der Waals surface area contributed by atoms with Crippen LogP contribution >= 0.6 is 0 Å². The van der Waals surface area contributed by atoms with Gasteiger partial charge in [0.1, 0.15) is 5.75 Å². The molecule has 2 rings (SSSR count). The zero-order chi connectivity index (χ0) is 19.7. The van der Waals surface area contributed by atoms with Gasteiger partial charge in [0.25, 0.3) is 18.0 Å². The van der Waals surface area contributed by atoms with Crippen LogP contribution in [0.4, 0.5) is 37.7 Å². The van der Waals surface area contributed by atoms with Gasteiger partial charge in [-0.05, 0) is 18.2 Å². The minimum Gasteiger partial charge on any atom is -0.508 e. The van der Waals surface area contributed by atoms with Crippen molar-refractivity contribution in [1.29, 1.82) is 0 Å². The van der Waals surface area contributed by atoms with E-state index in [1.807, 2.05) is 5.32 Å². The van der Waals surface area contributed by atoms with Crippen LogP contribution in [0, 0.1) is 0 Å². The van der Waals surface area contributed by atoms with Gasteiger partial charge in [-0.2, -0.15) is 13.2 Å². The Hall–Kier alpha value is -2.91. The van der Waals surface area contributed by atoms with Gasteiger partial charge < -0.3 is 16.2 Å². The summed E-state index contributed by atoms with van der Waals surface area (Å²) in [6, 6.07) is 7.90. The summed E-state index contributed by atoms with van der Waals surface area (Å²) in [5, 5.41) is 11.3. The number of nitrogens with two attached hydrogens (primary N) is 1. The molecule has 0 saturated heterocycles. The molecule has 26 heavy (non-hydrogen) atoms. The Labute approximate surface area is 143 Å². The highest BCUT2D eigenvalue weighted by Gasteiger charge is 2.65. The van der Waals surface area contributed by atoms with Crippen LogP contribution in [-0.2, 0) is 5.67 Å². The summed E-state index contributed by atoms with van der Waals surface area (Å²) in [5.74, 6) is -1.97. The molecule has 0 spiro atoms. The second-order valence-corrected chi connectivity index (χ2v) is 5.29. The number of carbonyl (C=O) groups excluding carboxylic acids is 1. The van der Waals surface area contributed by atoms with Gasteiger partial charge in [0.2, 0.25) is 0 Å². The van der Waals surface area contributed by atoms with Crippen LogP contribution in [0.5, 0.6) is 5.75 Å². The molecular formula is C16H12F6N2O2. The number of nitrogen functional groups attached to an aromatic ring is 1. The van der Waals surface area contributed by atoms with Crippen LogP contribution < -0.4 is 11.1 Å². The van der Waals surface area contributed by atoms with Crippen molar-refractivity contribution in [2.24, 2.45) is 0 Å². The van der Waals surface area contributed by atoms with Gasteiger partial charge in [-0.15, -0.1) is 0 Å². The average Bonchev–Trinajstić information content (AvgIpc) is 2.55. The highest BCUT2D eigenvalue weighted by molar-refractivity contribution is 6.06. The summed E-state index contributed by atoms with van der Waals surface area (Å²) in [5.41, 5.74) is -3.15. The molecule has 0 saturated carbocycles. The number of hydrogen-bond acceptors (Lipinski definition) is 3. The Bertz CT molecular complexity index is 810. The molecule has 1 unspecified atom stereocenters. The maximum absolute atomic E-state index is 14.4. The zero-order valence-corrected chi connectivity index (χ0v) is 12.8. The Morgan fingerprint density at radius 3 is 2.15 bits per heavy atom. The number of anilines is 2. The predicted octanol–water partition coefficient (Wildman–Crippen LogP) is 4.22. The third-order valence-electron chi connectivity index (χ3n) is 3.53. The number of benzene rings is 2. The highest BCUT2D eigenvalue weighted by Crippen LogP contribution is 2.51. The van der Waals surface area contributed by atoms with Crippen molar-refractivity contribution in [2.45, 2.75) is 18.3 Å². The molecule has 2 aromatic rings. The molecule has 0 bridgehead atoms. The molecule has 0 heterocycles. The molecule has 0 aliphatic heterocycles. The third kappa shape index (κ3) is 3.39. The number of phenolic OH excluding ortho intramolecular Hbond substituents is 1. The van der Waals surface area contributed by atoms with Gasteiger partial charge in [-0.3, -0.25) is 4.79 Å². The second-order valence-electron chi connectivity index (χ2n) is 5.29. The van der Waals surface area contributed by atoms with Crippen LogP contribution in [0.25, 0.3) is 0 Å². The topological polar surface area (TPSA) is 75.3 Å². The number of rotatable bonds is 4. The molecule has 1 amide bonds. The highest BCUT2D eigenvalue weighted by atomic mass is 19.4. The fourth-order valence-electron chi connectivity index (χ4n) is 2.24. The SMILES string of the molecule is Nc1cc(O)cc(C(F)(C(F)F)C(F)(F)F)c1NC(=O)c1ccccc1. The summed E-state index contributed by atoms with van der Waals surface area (Å²) < 4.78 is 79.7. The van der Waals surface area contributed by atoms with E-state index in [4.69, 9.17) is 5.73 Å². The number of phenols is 1. The Morgan fingerprint density at radius 2 is 1.65 bits per heavy atom. The number of carbonyl (C=O) groups is 1. The van der Waals surface area contributed by atoms with E-state index in [9.17, 15) is 36.2 Å². The van der Waals surface area contributed by atoms with E-state index in [1.165, 1.54) is 24.3 Å². The van der Waals surface area contributed by atoms with Crippen molar-refractivity contribution in [1.82, 2.24) is 0 Å². The second kappa shape index (κ2) is 6.77. The summed E-state index contributed by atoms with van der Waals surface area (Å²) in [6.07, 6.45) is -10.6. The van der Waals surface area contributed by atoms with Crippen LogP contribution in [0.1, 0.15) is 15.9 Å². The quantitative estimate of drug-likeness (QED) is 0.424. The van der Waals surface area contributed by atoms with E-state index in [2.05, 4.69) is 0 Å². The zero-order valence-electron chi connectivity index (χ0n) is 12.8. The number of alkyl halides is 6. The molecule has 2 aromatic carbocycles. The van der Waals surface area contributed by atoms with Gasteiger partial charge in [0, 0.05) is 17.2 Å². The first-order valence-electron chi connectivity index (χ1n) is 7.01. The number of nitrogens with one attached hydrogen (secondary N) is 1. The van der Waals surface area contributed by atoms with Gasteiger partial charge >= 0.3 is 6.18 Å². The Kier molecular flexibility index (Phi) is 5.06. The van der Waals surface area contributed by atoms with Crippen LogP contribution in [0.3, 0.4) is 0 Å². The van der Waals surface area contributed by atoms with E-state index in [-0.39, 0.29) is 11.6 Å². The summed E-state index contributed by atoms with van der Waals surface area (Å²) in [7, 11) is 0. The summed E-state index contributed by atoms with van der Waals surface area (Å²) in [4.78, 5) is 12.1. The Balaban J connectivity index is 2.62. The smallest absolute Gasteiger partial charge is 0.432 e. The van der Waals surface area contributed by atoms with Crippen LogP contribution in [0.2, 0.25) is 0 Å². The van der Waals surface area contributed by atoms with Gasteiger partial charge in [0.15, 0.2) is 0 Å². The molecule has 4 nitrogen and oxygen atoms in total. The lowest BCUT2D eigenvalue weighted by molar-refractivity contribution is -0.274. The standard InChI is InChI=1S/C16H12F6N2O2/c17-14(18)15(19,16(20,21)22)10-6-9(25)7-11(23)12(10)24-13(26)8-4-2-1-3-5-8/h1-7,14,25H,23H2,(H,24,26). The van der Waals surface area contributed by atoms with Crippen molar-refractivity contribution >= 4 is 17.3 Å². The maximum Gasteiger partial charge on any atom is 0.432 e.